The first-order chi connectivity index (χ1) is 11.1. The molecule has 2 N–H and O–H groups in total. The SMILES string of the molecule is CC1CCN(c2cc(-c3c[nH]c(=O)[nH]c3=O)nn3ccnc23)C1. The first-order valence-electron chi connectivity index (χ1n) is 7.53. The Morgan fingerprint density at radius 2 is 2.22 bits per heavy atom. The molecule has 0 saturated carbocycles. The fraction of sp³-hybridized carbons (Fsp3) is 0.333. The van der Waals surface area contributed by atoms with Crippen LogP contribution >= 0.6 is 0 Å². The van der Waals surface area contributed by atoms with E-state index in [0.29, 0.717) is 17.2 Å². The van der Waals surface area contributed by atoms with Gasteiger partial charge in [0.05, 0.1) is 11.3 Å². The lowest BCUT2D eigenvalue weighted by molar-refractivity contribution is 0.659. The van der Waals surface area contributed by atoms with Gasteiger partial charge < -0.3 is 9.88 Å². The summed E-state index contributed by atoms with van der Waals surface area (Å²) in [6.45, 7) is 4.13. The summed E-state index contributed by atoms with van der Waals surface area (Å²) in [4.78, 5) is 34.6. The number of nitrogens with zero attached hydrogens (tertiary/aromatic N) is 4. The van der Waals surface area contributed by atoms with E-state index in [2.05, 4.69) is 31.9 Å². The molecule has 1 fully saturated rings. The van der Waals surface area contributed by atoms with Gasteiger partial charge in [-0.15, -0.1) is 0 Å². The molecule has 4 heterocycles. The predicted octanol–water partition coefficient (Wildman–Crippen LogP) is 0.619. The van der Waals surface area contributed by atoms with Gasteiger partial charge in [0.25, 0.3) is 5.56 Å². The van der Waals surface area contributed by atoms with Gasteiger partial charge >= 0.3 is 5.69 Å². The molecule has 1 atom stereocenters. The van der Waals surface area contributed by atoms with Crippen LogP contribution in [0, 0.1) is 5.92 Å². The maximum Gasteiger partial charge on any atom is 0.325 e. The fourth-order valence-electron chi connectivity index (χ4n) is 3.02. The maximum absolute atomic E-state index is 12.0. The van der Waals surface area contributed by atoms with Crippen LogP contribution in [0.4, 0.5) is 5.69 Å². The third kappa shape index (κ3) is 2.32. The Labute approximate surface area is 130 Å². The summed E-state index contributed by atoms with van der Waals surface area (Å²) in [6, 6.07) is 1.86. The van der Waals surface area contributed by atoms with Crippen LogP contribution in [0.2, 0.25) is 0 Å². The van der Waals surface area contributed by atoms with Crippen LogP contribution in [0.25, 0.3) is 16.9 Å². The number of rotatable bonds is 2. The molecular formula is C15H16N6O2. The molecule has 0 spiro atoms. The average Bonchev–Trinajstić information content (AvgIpc) is 3.14. The summed E-state index contributed by atoms with van der Waals surface area (Å²) in [5.41, 5.74) is 1.56. The largest absolute Gasteiger partial charge is 0.368 e. The Morgan fingerprint density at radius 3 is 2.96 bits per heavy atom. The molecule has 118 valence electrons. The van der Waals surface area contributed by atoms with E-state index >= 15 is 0 Å². The minimum absolute atomic E-state index is 0.327. The van der Waals surface area contributed by atoms with Gasteiger partial charge in [-0.1, -0.05) is 6.92 Å². The highest BCUT2D eigenvalue weighted by Crippen LogP contribution is 2.29. The summed E-state index contributed by atoms with van der Waals surface area (Å²) in [5.74, 6) is 0.623. The molecule has 23 heavy (non-hydrogen) atoms. The van der Waals surface area contributed by atoms with Crippen LogP contribution in [-0.4, -0.2) is 37.7 Å². The summed E-state index contributed by atoms with van der Waals surface area (Å²) in [6.07, 6.45) is 5.96. The summed E-state index contributed by atoms with van der Waals surface area (Å²) >= 11 is 0. The number of imidazole rings is 1. The van der Waals surface area contributed by atoms with Gasteiger partial charge in [0.15, 0.2) is 5.65 Å². The lowest BCUT2D eigenvalue weighted by atomic mass is 10.2. The zero-order chi connectivity index (χ0) is 16.0. The third-order valence-corrected chi connectivity index (χ3v) is 4.20. The number of fused-ring (bicyclic) bond motifs is 1. The number of H-pyrrole nitrogens is 2. The van der Waals surface area contributed by atoms with Crippen molar-refractivity contribution in [2.45, 2.75) is 13.3 Å². The number of hydrogen-bond acceptors (Lipinski definition) is 5. The molecule has 0 radical (unpaired) electrons. The molecule has 1 unspecified atom stereocenters. The second kappa shape index (κ2) is 5.08. The monoisotopic (exact) mass is 312 g/mol. The highest BCUT2D eigenvalue weighted by atomic mass is 16.2. The van der Waals surface area contributed by atoms with Crippen molar-refractivity contribution in [2.75, 3.05) is 18.0 Å². The van der Waals surface area contributed by atoms with Crippen LogP contribution in [0.5, 0.6) is 0 Å². The first kappa shape index (κ1) is 13.7. The standard InChI is InChI=1S/C15H16N6O2/c1-9-2-4-20(8-9)12-6-11(19-21-5-3-16-13(12)21)10-7-17-15(23)18-14(10)22/h3,5-7,9H,2,4,8H2,1H3,(H2,17,18,22,23). The zero-order valence-electron chi connectivity index (χ0n) is 12.6. The molecule has 1 saturated heterocycles. The van der Waals surface area contributed by atoms with E-state index in [9.17, 15) is 9.59 Å². The van der Waals surface area contributed by atoms with Crippen molar-refractivity contribution in [1.29, 1.82) is 0 Å². The van der Waals surface area contributed by atoms with E-state index in [1.807, 2.05) is 6.07 Å². The normalized spacial score (nSPS) is 18.0. The third-order valence-electron chi connectivity index (χ3n) is 4.20. The van der Waals surface area contributed by atoms with E-state index in [4.69, 9.17) is 0 Å². The summed E-state index contributed by atoms with van der Waals surface area (Å²) < 4.78 is 1.66. The Hall–Kier alpha value is -2.90. The van der Waals surface area contributed by atoms with Crippen molar-refractivity contribution >= 4 is 11.3 Å². The Kier molecular flexibility index (Phi) is 3.03. The smallest absolute Gasteiger partial charge is 0.325 e. The van der Waals surface area contributed by atoms with E-state index in [0.717, 1.165) is 30.8 Å². The molecule has 0 bridgehead atoms. The van der Waals surface area contributed by atoms with E-state index in [1.165, 1.54) is 6.20 Å². The molecule has 3 aromatic heterocycles. The maximum atomic E-state index is 12.0. The minimum atomic E-state index is -0.531. The molecule has 1 aliphatic heterocycles. The molecule has 1 aliphatic rings. The minimum Gasteiger partial charge on any atom is -0.368 e. The topological polar surface area (TPSA) is 99.2 Å². The Morgan fingerprint density at radius 1 is 1.35 bits per heavy atom. The van der Waals surface area contributed by atoms with Gasteiger partial charge in [0.1, 0.15) is 5.69 Å². The first-order valence-corrected chi connectivity index (χ1v) is 7.53. The highest BCUT2D eigenvalue weighted by molar-refractivity contribution is 5.74. The van der Waals surface area contributed by atoms with Gasteiger partial charge in [0.2, 0.25) is 0 Å². The molecule has 0 aliphatic carbocycles. The lowest BCUT2D eigenvalue weighted by Crippen LogP contribution is -2.24. The van der Waals surface area contributed by atoms with Crippen LogP contribution in [0.15, 0.2) is 34.2 Å². The van der Waals surface area contributed by atoms with Crippen molar-refractivity contribution in [3.63, 3.8) is 0 Å². The van der Waals surface area contributed by atoms with E-state index < -0.39 is 11.2 Å². The number of anilines is 1. The second-order valence-corrected chi connectivity index (χ2v) is 5.94. The quantitative estimate of drug-likeness (QED) is 0.722. The van der Waals surface area contributed by atoms with Crippen molar-refractivity contribution < 1.29 is 0 Å². The second-order valence-electron chi connectivity index (χ2n) is 5.94. The van der Waals surface area contributed by atoms with Crippen LogP contribution in [0.3, 0.4) is 0 Å². The molecular weight excluding hydrogens is 296 g/mol. The van der Waals surface area contributed by atoms with Crippen LogP contribution < -0.4 is 16.1 Å². The van der Waals surface area contributed by atoms with Crippen LogP contribution in [0.1, 0.15) is 13.3 Å². The molecule has 8 heteroatoms. The average molecular weight is 312 g/mol. The number of aromatic amines is 2. The predicted molar refractivity (Wildman–Crippen MR) is 85.7 cm³/mol. The number of hydrogen-bond donors (Lipinski definition) is 2. The van der Waals surface area contributed by atoms with Crippen LogP contribution in [-0.2, 0) is 0 Å². The van der Waals surface area contributed by atoms with Crippen molar-refractivity contribution in [1.82, 2.24) is 24.6 Å². The van der Waals surface area contributed by atoms with Gasteiger partial charge in [-0.25, -0.2) is 14.3 Å². The van der Waals surface area contributed by atoms with Gasteiger partial charge in [-0.3, -0.25) is 9.78 Å². The van der Waals surface area contributed by atoms with Gasteiger partial charge in [0, 0.05) is 31.7 Å². The zero-order valence-corrected chi connectivity index (χ0v) is 12.6. The van der Waals surface area contributed by atoms with Crippen molar-refractivity contribution in [2.24, 2.45) is 5.92 Å². The summed E-state index contributed by atoms with van der Waals surface area (Å²) in [5, 5.41) is 4.43. The molecule has 8 nitrogen and oxygen atoms in total. The lowest BCUT2D eigenvalue weighted by Gasteiger charge is -2.19. The van der Waals surface area contributed by atoms with Gasteiger partial charge in [-0.05, 0) is 18.4 Å². The molecule has 4 rings (SSSR count). The van der Waals surface area contributed by atoms with E-state index in [-0.39, 0.29) is 0 Å². The molecule has 0 aromatic carbocycles. The number of aromatic nitrogens is 5. The highest BCUT2D eigenvalue weighted by Gasteiger charge is 2.23. The van der Waals surface area contributed by atoms with Gasteiger partial charge in [-0.2, -0.15) is 5.10 Å². The van der Waals surface area contributed by atoms with Crippen molar-refractivity contribution in [3.8, 4) is 11.3 Å². The van der Waals surface area contributed by atoms with E-state index in [1.54, 1.807) is 16.9 Å². The summed E-state index contributed by atoms with van der Waals surface area (Å²) in [7, 11) is 0. The fourth-order valence-corrected chi connectivity index (χ4v) is 3.02. The molecule has 3 aromatic rings. The Bertz CT molecular complexity index is 985. The molecule has 0 amide bonds. The Balaban J connectivity index is 1.91. The number of nitrogens with one attached hydrogen (secondary N) is 2. The van der Waals surface area contributed by atoms with Crippen molar-refractivity contribution in [3.05, 3.63) is 45.5 Å².